The third-order valence-corrected chi connectivity index (χ3v) is 7.70. The van der Waals surface area contributed by atoms with Gasteiger partial charge in [0.1, 0.15) is 10.8 Å². The first-order valence-corrected chi connectivity index (χ1v) is 12.7. The topological polar surface area (TPSA) is 61.7 Å². The van der Waals surface area contributed by atoms with E-state index in [4.69, 9.17) is 0 Å². The number of phenolic OH excluding ortho intramolecular Hbond substituents is 1. The molecule has 3 aromatic rings. The molecule has 4 nitrogen and oxygen atoms in total. The first kappa shape index (κ1) is 21.8. The fourth-order valence-electron chi connectivity index (χ4n) is 3.56. The molecule has 0 spiro atoms. The van der Waals surface area contributed by atoms with Crippen LogP contribution in [0.15, 0.2) is 47.5 Å². The Kier molecular flexibility index (Phi) is 7.09. The number of benzene rings is 2. The summed E-state index contributed by atoms with van der Waals surface area (Å²) in [5.74, 6) is 0.142. The van der Waals surface area contributed by atoms with Crippen LogP contribution >= 0.6 is 56.5 Å². The van der Waals surface area contributed by atoms with Crippen molar-refractivity contribution >= 4 is 73.6 Å². The van der Waals surface area contributed by atoms with E-state index in [1.807, 2.05) is 42.5 Å². The Balaban J connectivity index is 1.65. The predicted octanol–water partition coefficient (Wildman–Crippen LogP) is 6.22. The lowest BCUT2D eigenvalue weighted by molar-refractivity contribution is 0.0951. The van der Waals surface area contributed by atoms with Crippen molar-refractivity contribution in [3.05, 3.63) is 76.7 Å². The van der Waals surface area contributed by atoms with Crippen LogP contribution in [0.2, 0.25) is 0 Å². The summed E-state index contributed by atoms with van der Waals surface area (Å²) in [6, 6.07) is 13.7. The number of nitrogens with one attached hydrogen (secondary N) is 1. The van der Waals surface area contributed by atoms with Gasteiger partial charge in [0.2, 0.25) is 0 Å². The molecule has 0 saturated carbocycles. The molecule has 0 unspecified atom stereocenters. The molecule has 0 saturated heterocycles. The van der Waals surface area contributed by atoms with Crippen molar-refractivity contribution in [2.75, 3.05) is 0 Å². The van der Waals surface area contributed by atoms with Crippen molar-refractivity contribution in [1.82, 2.24) is 5.32 Å². The number of amides is 1. The van der Waals surface area contributed by atoms with Gasteiger partial charge in [-0.3, -0.25) is 4.79 Å². The van der Waals surface area contributed by atoms with Crippen LogP contribution in [-0.4, -0.2) is 17.2 Å². The van der Waals surface area contributed by atoms with Gasteiger partial charge < -0.3 is 10.4 Å². The molecular formula is C23H20I2N2O2S. The molecule has 1 aliphatic rings. The van der Waals surface area contributed by atoms with E-state index in [1.165, 1.54) is 4.88 Å². The highest BCUT2D eigenvalue weighted by Gasteiger charge is 2.25. The summed E-state index contributed by atoms with van der Waals surface area (Å²) in [7, 11) is 0. The van der Waals surface area contributed by atoms with Crippen LogP contribution in [0.4, 0.5) is 5.00 Å². The van der Waals surface area contributed by atoms with Crippen molar-refractivity contribution in [1.29, 1.82) is 0 Å². The monoisotopic (exact) mass is 642 g/mol. The first-order valence-electron chi connectivity index (χ1n) is 9.71. The van der Waals surface area contributed by atoms with Gasteiger partial charge >= 0.3 is 0 Å². The number of aromatic hydroxyl groups is 1. The zero-order chi connectivity index (χ0) is 21.1. The van der Waals surface area contributed by atoms with E-state index in [0.717, 1.165) is 49.0 Å². The maximum atomic E-state index is 13.1. The van der Waals surface area contributed by atoms with Crippen molar-refractivity contribution in [3.8, 4) is 5.75 Å². The minimum absolute atomic E-state index is 0.0770. The smallest absolute Gasteiger partial charge is 0.254 e. The number of halogens is 2. The average Bonchev–Trinajstić information content (AvgIpc) is 3.12. The highest BCUT2D eigenvalue weighted by atomic mass is 127. The van der Waals surface area contributed by atoms with Crippen LogP contribution in [0.1, 0.15) is 44.8 Å². The Bertz CT molecular complexity index is 1110. The minimum atomic E-state index is -0.0770. The molecule has 0 atom stereocenters. The van der Waals surface area contributed by atoms with Gasteiger partial charge in [0.05, 0.1) is 9.13 Å². The number of aliphatic imine (C=N–C) groups is 1. The van der Waals surface area contributed by atoms with Gasteiger partial charge in [-0.25, -0.2) is 4.99 Å². The highest BCUT2D eigenvalue weighted by molar-refractivity contribution is 14.1. The highest BCUT2D eigenvalue weighted by Crippen LogP contribution is 2.40. The van der Waals surface area contributed by atoms with E-state index in [0.29, 0.717) is 17.7 Å². The van der Waals surface area contributed by atoms with Gasteiger partial charge in [-0.05, 0) is 94.1 Å². The lowest BCUT2D eigenvalue weighted by Crippen LogP contribution is -2.24. The maximum Gasteiger partial charge on any atom is 0.254 e. The molecule has 154 valence electrons. The fourth-order valence-corrected chi connectivity index (χ4v) is 6.68. The third-order valence-electron chi connectivity index (χ3n) is 5.05. The molecule has 1 heterocycles. The summed E-state index contributed by atoms with van der Waals surface area (Å²) >= 11 is 5.94. The van der Waals surface area contributed by atoms with E-state index < -0.39 is 0 Å². The van der Waals surface area contributed by atoms with Gasteiger partial charge in [-0.15, -0.1) is 11.3 Å². The number of aryl methyl sites for hydroxylation is 1. The molecule has 4 rings (SSSR count). The number of hydrogen-bond acceptors (Lipinski definition) is 4. The number of phenols is 1. The number of fused-ring (bicyclic) bond motifs is 1. The maximum absolute atomic E-state index is 13.1. The zero-order valence-corrected chi connectivity index (χ0v) is 21.3. The van der Waals surface area contributed by atoms with Crippen LogP contribution in [0.3, 0.4) is 0 Å². The predicted molar refractivity (Wildman–Crippen MR) is 139 cm³/mol. The summed E-state index contributed by atoms with van der Waals surface area (Å²) < 4.78 is 1.81. The van der Waals surface area contributed by atoms with E-state index in [2.05, 4.69) is 55.5 Å². The second-order valence-electron chi connectivity index (χ2n) is 7.14. The normalized spacial score (nSPS) is 13.4. The molecule has 30 heavy (non-hydrogen) atoms. The number of carbonyl (C=O) groups is 1. The van der Waals surface area contributed by atoms with Gasteiger partial charge in [-0.2, -0.15) is 0 Å². The minimum Gasteiger partial charge on any atom is -0.506 e. The SMILES string of the molecule is O=C(NCc1ccccc1)c1c(/N=C/c2cc(I)cc(I)c2O)sc2c1CCCC2. The van der Waals surface area contributed by atoms with Gasteiger partial charge in [-0.1, -0.05) is 30.3 Å². The fraction of sp³-hybridized carbons (Fsp3) is 0.217. The average molecular weight is 642 g/mol. The number of thiophene rings is 1. The second-order valence-corrected chi connectivity index (χ2v) is 10.6. The third kappa shape index (κ3) is 4.88. The molecule has 2 aromatic carbocycles. The number of nitrogens with zero attached hydrogens (tertiary/aromatic N) is 1. The molecule has 0 aliphatic heterocycles. The summed E-state index contributed by atoms with van der Waals surface area (Å²) in [5.41, 5.74) is 3.57. The molecule has 1 amide bonds. The van der Waals surface area contributed by atoms with Crippen LogP contribution < -0.4 is 5.32 Å². The standard InChI is InChI=1S/C23H20I2N2O2S/c24-16-10-15(21(28)18(25)11-16)13-27-23-20(17-8-4-5-9-19(17)30-23)22(29)26-12-14-6-2-1-3-7-14/h1-3,6-7,10-11,13,28H,4-5,8-9,12H2,(H,26,29)/b27-13+. The number of carbonyl (C=O) groups excluding carboxylic acids is 1. The Hall–Kier alpha value is -1.46. The number of rotatable bonds is 5. The number of hydrogen-bond donors (Lipinski definition) is 2. The van der Waals surface area contributed by atoms with Gasteiger partial charge in [0.25, 0.3) is 5.91 Å². The molecule has 2 N–H and O–H groups in total. The first-order chi connectivity index (χ1) is 14.5. The largest absolute Gasteiger partial charge is 0.506 e. The molecule has 1 aromatic heterocycles. The molecule has 7 heteroatoms. The van der Waals surface area contributed by atoms with E-state index >= 15 is 0 Å². The Morgan fingerprint density at radius 2 is 1.93 bits per heavy atom. The summed E-state index contributed by atoms with van der Waals surface area (Å²) in [5, 5.41) is 14.2. The van der Waals surface area contributed by atoms with E-state index in [-0.39, 0.29) is 11.7 Å². The van der Waals surface area contributed by atoms with E-state index in [1.54, 1.807) is 17.6 Å². The summed E-state index contributed by atoms with van der Waals surface area (Å²) in [6.07, 6.45) is 5.84. The Morgan fingerprint density at radius 3 is 2.73 bits per heavy atom. The lowest BCUT2D eigenvalue weighted by Gasteiger charge is -2.12. The second kappa shape index (κ2) is 9.78. The molecular weight excluding hydrogens is 622 g/mol. The van der Waals surface area contributed by atoms with Gasteiger partial charge in [0.15, 0.2) is 0 Å². The molecule has 0 fully saturated rings. The molecule has 1 aliphatic carbocycles. The van der Waals surface area contributed by atoms with Crippen LogP contribution in [0, 0.1) is 7.14 Å². The van der Waals surface area contributed by atoms with Crippen LogP contribution in [0.25, 0.3) is 0 Å². The van der Waals surface area contributed by atoms with Gasteiger partial charge in [0, 0.05) is 26.8 Å². The Morgan fingerprint density at radius 1 is 1.17 bits per heavy atom. The van der Waals surface area contributed by atoms with Crippen molar-refractivity contribution < 1.29 is 9.90 Å². The van der Waals surface area contributed by atoms with Crippen LogP contribution in [-0.2, 0) is 19.4 Å². The Labute approximate surface area is 207 Å². The van der Waals surface area contributed by atoms with Crippen LogP contribution in [0.5, 0.6) is 5.75 Å². The lowest BCUT2D eigenvalue weighted by atomic mass is 9.95. The zero-order valence-electron chi connectivity index (χ0n) is 16.1. The quantitative estimate of drug-likeness (QED) is 0.257. The van der Waals surface area contributed by atoms with Crippen molar-refractivity contribution in [3.63, 3.8) is 0 Å². The summed E-state index contributed by atoms with van der Waals surface area (Å²) in [6.45, 7) is 0.489. The molecule has 0 bridgehead atoms. The molecule has 0 radical (unpaired) electrons. The van der Waals surface area contributed by atoms with Crippen molar-refractivity contribution in [2.24, 2.45) is 4.99 Å². The van der Waals surface area contributed by atoms with Crippen molar-refractivity contribution in [2.45, 2.75) is 32.2 Å². The summed E-state index contributed by atoms with van der Waals surface area (Å²) in [4.78, 5) is 19.1. The van der Waals surface area contributed by atoms with E-state index in [9.17, 15) is 9.90 Å².